The first-order valence-corrected chi connectivity index (χ1v) is 11.8. The predicted octanol–water partition coefficient (Wildman–Crippen LogP) is 6.96. The number of hydrogen-bond acceptors (Lipinski definition) is 3. The molecule has 0 aliphatic rings. The minimum atomic E-state index is -1.03. The summed E-state index contributed by atoms with van der Waals surface area (Å²) in [5.74, 6) is -2.33. The number of hydrogen-bond donors (Lipinski definition) is 0. The van der Waals surface area contributed by atoms with Crippen molar-refractivity contribution in [2.75, 3.05) is 6.61 Å². The Balaban J connectivity index is 1.93. The zero-order chi connectivity index (χ0) is 24.5. The maximum Gasteiger partial charge on any atom is 0.317 e. The van der Waals surface area contributed by atoms with Crippen LogP contribution in [-0.2, 0) is 9.53 Å². The highest BCUT2D eigenvalue weighted by molar-refractivity contribution is 6.09. The first kappa shape index (κ1) is 23.9. The van der Waals surface area contributed by atoms with Crippen LogP contribution in [0.5, 0.6) is 0 Å². The first-order chi connectivity index (χ1) is 17.2. The van der Waals surface area contributed by atoms with Gasteiger partial charge in [0.15, 0.2) is 5.78 Å². The molecular weight excluding hydrogens is 432 g/mol. The fraction of sp³-hybridized carbons (Fsp3) is 0.125. The van der Waals surface area contributed by atoms with Crippen LogP contribution in [-0.4, -0.2) is 18.4 Å². The maximum absolute atomic E-state index is 13.8. The molecule has 2 unspecified atom stereocenters. The van der Waals surface area contributed by atoms with Crippen molar-refractivity contribution < 1.29 is 14.3 Å². The molecule has 3 heteroatoms. The summed E-state index contributed by atoms with van der Waals surface area (Å²) in [4.78, 5) is 27.2. The fourth-order valence-electron chi connectivity index (χ4n) is 4.27. The standard InChI is InChI=1S/C32H28O3/c1-2-35-32(34)30(31(33)27-21-13-6-14-22-27)29(26-19-11-5-12-20-26)23-28(24-15-7-3-8-16-24)25-17-9-4-10-18-25/h3-23,29-30H,2H2,1H3. The molecule has 4 aromatic rings. The van der Waals surface area contributed by atoms with Crippen LogP contribution in [0.1, 0.15) is 39.9 Å². The molecule has 0 aliphatic carbocycles. The van der Waals surface area contributed by atoms with Gasteiger partial charge in [0.05, 0.1) is 6.61 Å². The van der Waals surface area contributed by atoms with Crippen molar-refractivity contribution in [1.82, 2.24) is 0 Å². The van der Waals surface area contributed by atoms with E-state index in [1.807, 2.05) is 115 Å². The van der Waals surface area contributed by atoms with Gasteiger partial charge in [-0.3, -0.25) is 9.59 Å². The third-order valence-electron chi connectivity index (χ3n) is 5.94. The number of allylic oxidation sites excluding steroid dienone is 1. The molecule has 4 rings (SSSR count). The van der Waals surface area contributed by atoms with Crippen molar-refractivity contribution in [3.05, 3.63) is 150 Å². The minimum Gasteiger partial charge on any atom is -0.465 e. The van der Waals surface area contributed by atoms with E-state index in [1.165, 1.54) is 0 Å². The zero-order valence-electron chi connectivity index (χ0n) is 19.7. The second-order valence-electron chi connectivity index (χ2n) is 8.21. The summed E-state index contributed by atoms with van der Waals surface area (Å²) < 4.78 is 5.45. The van der Waals surface area contributed by atoms with Crippen LogP contribution in [0.2, 0.25) is 0 Å². The summed E-state index contributed by atoms with van der Waals surface area (Å²) in [5, 5.41) is 0. The normalized spacial score (nSPS) is 12.3. The van der Waals surface area contributed by atoms with E-state index in [1.54, 1.807) is 19.1 Å². The van der Waals surface area contributed by atoms with Gasteiger partial charge >= 0.3 is 5.97 Å². The van der Waals surface area contributed by atoms with Crippen LogP contribution in [0.25, 0.3) is 5.57 Å². The number of rotatable bonds is 9. The minimum absolute atomic E-state index is 0.201. The number of carbonyl (C=O) groups is 2. The van der Waals surface area contributed by atoms with Crippen molar-refractivity contribution in [2.45, 2.75) is 12.8 Å². The average molecular weight is 461 g/mol. The summed E-state index contributed by atoms with van der Waals surface area (Å²) in [6, 6.07) is 38.7. The number of Topliss-reactive ketones (excluding diaryl/α,β-unsaturated/α-hetero) is 1. The Kier molecular flexibility index (Phi) is 8.03. The third-order valence-corrected chi connectivity index (χ3v) is 5.94. The van der Waals surface area contributed by atoms with E-state index in [-0.39, 0.29) is 12.4 Å². The van der Waals surface area contributed by atoms with E-state index >= 15 is 0 Å². The Morgan fingerprint density at radius 2 is 1.09 bits per heavy atom. The summed E-state index contributed by atoms with van der Waals surface area (Å²) in [6.45, 7) is 1.96. The fourth-order valence-corrected chi connectivity index (χ4v) is 4.27. The topological polar surface area (TPSA) is 43.4 Å². The second kappa shape index (κ2) is 11.8. The van der Waals surface area contributed by atoms with E-state index in [9.17, 15) is 9.59 Å². The molecule has 2 atom stereocenters. The van der Waals surface area contributed by atoms with Crippen molar-refractivity contribution in [2.24, 2.45) is 5.92 Å². The Hall–Kier alpha value is -4.24. The van der Waals surface area contributed by atoms with Crippen LogP contribution in [0.3, 0.4) is 0 Å². The Morgan fingerprint density at radius 3 is 1.54 bits per heavy atom. The third kappa shape index (κ3) is 5.82. The Labute approximate surface area is 206 Å². The van der Waals surface area contributed by atoms with E-state index in [2.05, 4.69) is 0 Å². The van der Waals surface area contributed by atoms with E-state index in [4.69, 9.17) is 4.74 Å². The Morgan fingerprint density at radius 1 is 0.657 bits per heavy atom. The monoisotopic (exact) mass is 460 g/mol. The van der Waals surface area contributed by atoms with Crippen molar-refractivity contribution >= 4 is 17.3 Å². The van der Waals surface area contributed by atoms with Gasteiger partial charge in [-0.25, -0.2) is 0 Å². The number of ketones is 1. The van der Waals surface area contributed by atoms with Gasteiger partial charge in [0, 0.05) is 11.5 Å². The molecule has 0 N–H and O–H groups in total. The largest absolute Gasteiger partial charge is 0.465 e. The smallest absolute Gasteiger partial charge is 0.317 e. The molecule has 174 valence electrons. The van der Waals surface area contributed by atoms with Gasteiger partial charge in [-0.15, -0.1) is 0 Å². The van der Waals surface area contributed by atoms with Gasteiger partial charge in [0.1, 0.15) is 5.92 Å². The van der Waals surface area contributed by atoms with E-state index in [0.29, 0.717) is 5.56 Å². The SMILES string of the molecule is CCOC(=O)C(C(=O)c1ccccc1)C(C=C(c1ccccc1)c1ccccc1)c1ccccc1. The molecule has 0 saturated heterocycles. The molecule has 0 fully saturated rings. The Bertz CT molecular complexity index is 1220. The average Bonchev–Trinajstić information content (AvgIpc) is 2.93. The molecule has 0 saturated carbocycles. The van der Waals surface area contributed by atoms with Gasteiger partial charge in [0.25, 0.3) is 0 Å². The number of carbonyl (C=O) groups excluding carboxylic acids is 2. The van der Waals surface area contributed by atoms with Crippen LogP contribution < -0.4 is 0 Å². The number of ether oxygens (including phenoxy) is 1. The first-order valence-electron chi connectivity index (χ1n) is 11.8. The molecule has 0 aliphatic heterocycles. The summed E-state index contributed by atoms with van der Waals surface area (Å²) in [6.07, 6.45) is 2.04. The summed E-state index contributed by atoms with van der Waals surface area (Å²) in [7, 11) is 0. The molecule has 0 spiro atoms. The lowest BCUT2D eigenvalue weighted by atomic mass is 9.78. The lowest BCUT2D eigenvalue weighted by Gasteiger charge is -2.24. The molecule has 0 aromatic heterocycles. The highest BCUT2D eigenvalue weighted by atomic mass is 16.5. The number of benzene rings is 4. The molecule has 0 radical (unpaired) electrons. The van der Waals surface area contributed by atoms with Gasteiger partial charge in [-0.05, 0) is 29.2 Å². The highest BCUT2D eigenvalue weighted by Gasteiger charge is 2.37. The van der Waals surface area contributed by atoms with Gasteiger partial charge < -0.3 is 4.74 Å². The van der Waals surface area contributed by atoms with Crippen molar-refractivity contribution in [1.29, 1.82) is 0 Å². The maximum atomic E-state index is 13.8. The van der Waals surface area contributed by atoms with Crippen LogP contribution in [0.15, 0.2) is 127 Å². The summed E-state index contributed by atoms with van der Waals surface area (Å²) >= 11 is 0. The van der Waals surface area contributed by atoms with Crippen LogP contribution in [0.4, 0.5) is 0 Å². The molecular formula is C32H28O3. The molecule has 4 aromatic carbocycles. The molecule has 0 amide bonds. The van der Waals surface area contributed by atoms with Crippen molar-refractivity contribution in [3.8, 4) is 0 Å². The van der Waals surface area contributed by atoms with Gasteiger partial charge in [0.2, 0.25) is 0 Å². The highest BCUT2D eigenvalue weighted by Crippen LogP contribution is 2.35. The zero-order valence-corrected chi connectivity index (χ0v) is 19.7. The van der Waals surface area contributed by atoms with E-state index < -0.39 is 17.8 Å². The molecule has 0 bridgehead atoms. The van der Waals surface area contributed by atoms with Gasteiger partial charge in [-0.1, -0.05) is 127 Å². The van der Waals surface area contributed by atoms with Crippen LogP contribution >= 0.6 is 0 Å². The lowest BCUT2D eigenvalue weighted by Crippen LogP contribution is -2.31. The van der Waals surface area contributed by atoms with Crippen molar-refractivity contribution in [3.63, 3.8) is 0 Å². The molecule has 3 nitrogen and oxygen atoms in total. The van der Waals surface area contributed by atoms with E-state index in [0.717, 1.165) is 22.3 Å². The van der Waals surface area contributed by atoms with Crippen LogP contribution in [0, 0.1) is 5.92 Å². The number of esters is 1. The lowest BCUT2D eigenvalue weighted by molar-refractivity contribution is -0.146. The second-order valence-corrected chi connectivity index (χ2v) is 8.21. The predicted molar refractivity (Wildman–Crippen MR) is 140 cm³/mol. The summed E-state index contributed by atoms with van der Waals surface area (Å²) in [5.41, 5.74) is 4.33. The molecule has 0 heterocycles. The van der Waals surface area contributed by atoms with Gasteiger partial charge in [-0.2, -0.15) is 0 Å². The quantitative estimate of drug-likeness (QED) is 0.154. The molecule has 35 heavy (non-hydrogen) atoms.